The van der Waals surface area contributed by atoms with E-state index in [0.29, 0.717) is 42.7 Å². The lowest BCUT2D eigenvalue weighted by Gasteiger charge is -2.32. The Morgan fingerprint density at radius 2 is 2.00 bits per heavy atom. The topological polar surface area (TPSA) is 121 Å². The van der Waals surface area contributed by atoms with E-state index in [-0.39, 0.29) is 18.4 Å². The van der Waals surface area contributed by atoms with Gasteiger partial charge in [0.15, 0.2) is 12.2 Å². The van der Waals surface area contributed by atoms with Crippen LogP contribution in [0, 0.1) is 18.8 Å². The Morgan fingerprint density at radius 1 is 1.18 bits per heavy atom. The van der Waals surface area contributed by atoms with E-state index in [2.05, 4.69) is 47.0 Å². The molecule has 10 nitrogen and oxygen atoms in total. The predicted octanol–water partition coefficient (Wildman–Crippen LogP) is 3.93. The Kier molecular flexibility index (Phi) is 10.7. The number of nitrogens with one attached hydrogen (secondary N) is 1. The van der Waals surface area contributed by atoms with Crippen LogP contribution in [-0.4, -0.2) is 75.5 Å². The summed E-state index contributed by atoms with van der Waals surface area (Å²) in [5, 5.41) is 13.7. The molecule has 1 fully saturated rings. The Morgan fingerprint density at radius 3 is 2.75 bits per heavy atom. The number of amides is 2. The van der Waals surface area contributed by atoms with Gasteiger partial charge in [-0.3, -0.25) is 19.5 Å². The molecule has 2 amide bonds. The van der Waals surface area contributed by atoms with Crippen LogP contribution in [0.25, 0.3) is 0 Å². The van der Waals surface area contributed by atoms with E-state index in [0.717, 1.165) is 68.9 Å². The van der Waals surface area contributed by atoms with Gasteiger partial charge in [0.2, 0.25) is 5.91 Å². The van der Waals surface area contributed by atoms with Crippen LogP contribution in [0.2, 0.25) is 0 Å². The smallest absolute Gasteiger partial charge is 0.251 e. The fraction of sp³-hybridized carbons (Fsp3) is 0.529. The van der Waals surface area contributed by atoms with Crippen LogP contribution in [0.1, 0.15) is 71.6 Å². The van der Waals surface area contributed by atoms with E-state index in [9.17, 15) is 14.7 Å². The van der Waals surface area contributed by atoms with Gasteiger partial charge in [-0.05, 0) is 79.3 Å². The number of piperidine rings is 1. The van der Waals surface area contributed by atoms with Crippen LogP contribution in [0.15, 0.2) is 47.5 Å². The second-order valence-electron chi connectivity index (χ2n) is 12.6. The van der Waals surface area contributed by atoms with Crippen molar-refractivity contribution in [1.29, 1.82) is 0 Å². The predicted molar refractivity (Wildman–Crippen MR) is 166 cm³/mol. The van der Waals surface area contributed by atoms with Crippen molar-refractivity contribution in [2.24, 2.45) is 11.8 Å². The molecule has 0 aliphatic carbocycles. The minimum absolute atomic E-state index is 0.177. The second kappa shape index (κ2) is 14.8. The van der Waals surface area contributed by atoms with Crippen molar-refractivity contribution in [3.05, 3.63) is 76.8 Å². The number of oxazole rings is 1. The summed E-state index contributed by atoms with van der Waals surface area (Å²) >= 11 is 0. The molecule has 0 saturated carbocycles. The lowest BCUT2D eigenvalue weighted by Crippen LogP contribution is -2.42. The third-order valence-corrected chi connectivity index (χ3v) is 8.67. The van der Waals surface area contributed by atoms with Crippen LogP contribution >= 0.6 is 0 Å². The number of carbonyl (C=O) groups is 2. The fourth-order valence-corrected chi connectivity index (χ4v) is 6.22. The second-order valence-corrected chi connectivity index (χ2v) is 12.6. The summed E-state index contributed by atoms with van der Waals surface area (Å²) in [6.45, 7) is 10.4. The number of fused-ring (bicyclic) bond motifs is 1. The van der Waals surface area contributed by atoms with Crippen molar-refractivity contribution >= 4 is 11.8 Å². The molecule has 10 heteroatoms. The molecular formula is C34H45N5O5. The van der Waals surface area contributed by atoms with E-state index in [1.807, 2.05) is 17.0 Å². The first-order chi connectivity index (χ1) is 21.2. The lowest BCUT2D eigenvalue weighted by molar-refractivity contribution is -0.133. The number of hydrogen-bond acceptors (Lipinski definition) is 8. The van der Waals surface area contributed by atoms with E-state index in [1.165, 1.54) is 17.5 Å². The standard InChI is InChI=1S/C34H45N5O5/c1-23(2)14-33(41)39-12-7-25(8-13-39)15-28-16-26(6-10-36-28)34(42)37-17-29(40)20-38-11-9-31-24(3)32(5-4-27(31)19-38)43-21-30-18-35-22-44-30/h4-6,10,16,18,22-23,25,29,40H,7-9,11-15,17,19-21H2,1-3H3,(H,37,42)/t29-/m0/s1. The van der Waals surface area contributed by atoms with Gasteiger partial charge in [-0.15, -0.1) is 0 Å². The summed E-state index contributed by atoms with van der Waals surface area (Å²) in [7, 11) is 0. The molecule has 2 N–H and O–H groups in total. The number of hydrogen-bond donors (Lipinski definition) is 2. The van der Waals surface area contributed by atoms with Gasteiger partial charge in [0.05, 0.1) is 12.3 Å². The third-order valence-electron chi connectivity index (χ3n) is 8.67. The summed E-state index contributed by atoms with van der Waals surface area (Å²) in [4.78, 5) is 37.9. The monoisotopic (exact) mass is 603 g/mol. The highest BCUT2D eigenvalue weighted by atomic mass is 16.5. The molecule has 44 heavy (non-hydrogen) atoms. The molecular weight excluding hydrogens is 558 g/mol. The van der Waals surface area contributed by atoms with E-state index in [4.69, 9.17) is 9.15 Å². The maximum atomic E-state index is 12.9. The summed E-state index contributed by atoms with van der Waals surface area (Å²) in [5.41, 5.74) is 5.09. The Labute approximate surface area is 259 Å². The van der Waals surface area contributed by atoms with Gasteiger partial charge < -0.3 is 24.5 Å². The molecule has 0 radical (unpaired) electrons. The number of nitrogens with zero attached hydrogens (tertiary/aromatic N) is 4. The number of β-amino-alcohol motifs (C(OH)–C–C–N with tert-alkyl or cyclic N) is 1. The molecule has 5 rings (SSSR count). The summed E-state index contributed by atoms with van der Waals surface area (Å²) in [5.74, 6) is 2.38. The largest absolute Gasteiger partial charge is 0.485 e. The number of benzene rings is 1. The van der Waals surface area contributed by atoms with Gasteiger partial charge in [-0.1, -0.05) is 19.9 Å². The number of aromatic nitrogens is 2. The van der Waals surface area contributed by atoms with Crippen LogP contribution in [0.5, 0.6) is 5.75 Å². The van der Waals surface area contributed by atoms with Crippen molar-refractivity contribution in [1.82, 2.24) is 25.1 Å². The normalized spacial score (nSPS) is 16.5. The minimum Gasteiger partial charge on any atom is -0.485 e. The molecule has 0 bridgehead atoms. The van der Waals surface area contributed by atoms with Crippen molar-refractivity contribution in [2.75, 3.05) is 32.7 Å². The van der Waals surface area contributed by atoms with E-state index >= 15 is 0 Å². The van der Waals surface area contributed by atoms with Gasteiger partial charge in [-0.2, -0.15) is 0 Å². The first-order valence-electron chi connectivity index (χ1n) is 15.8. The number of aliphatic hydroxyl groups is 1. The summed E-state index contributed by atoms with van der Waals surface area (Å²) in [6, 6.07) is 7.65. The number of rotatable bonds is 12. The molecule has 2 aliphatic heterocycles. The SMILES string of the molecule is Cc1c(OCc2cnco2)ccc2c1CCN(C[C@@H](O)CNC(=O)c1ccnc(CC3CCN(C(=O)CC(C)C)CC3)c1)C2. The van der Waals surface area contributed by atoms with Crippen molar-refractivity contribution in [3.8, 4) is 5.75 Å². The zero-order valence-corrected chi connectivity index (χ0v) is 26.1. The molecule has 1 saturated heterocycles. The molecule has 2 aliphatic rings. The number of likely N-dealkylation sites (tertiary alicyclic amines) is 1. The molecule has 4 heterocycles. The molecule has 0 unspecified atom stereocenters. The maximum Gasteiger partial charge on any atom is 0.251 e. The maximum absolute atomic E-state index is 12.9. The van der Waals surface area contributed by atoms with Gasteiger partial charge in [0.1, 0.15) is 12.4 Å². The van der Waals surface area contributed by atoms with Gasteiger partial charge in [0, 0.05) is 63.1 Å². The third kappa shape index (κ3) is 8.45. The number of ether oxygens (including phenoxy) is 1. The van der Waals surface area contributed by atoms with Crippen molar-refractivity contribution in [2.45, 2.75) is 72.1 Å². The van der Waals surface area contributed by atoms with Crippen LogP contribution < -0.4 is 10.1 Å². The number of carbonyl (C=O) groups excluding carboxylic acids is 2. The highest BCUT2D eigenvalue weighted by Crippen LogP contribution is 2.30. The van der Waals surface area contributed by atoms with Crippen LogP contribution in [0.4, 0.5) is 0 Å². The number of pyridine rings is 1. The first kappa shape index (κ1) is 31.7. The first-order valence-corrected chi connectivity index (χ1v) is 15.8. The molecule has 236 valence electrons. The molecule has 1 aromatic carbocycles. The molecule has 0 spiro atoms. The highest BCUT2D eigenvalue weighted by Gasteiger charge is 2.25. The minimum atomic E-state index is -0.684. The average molecular weight is 604 g/mol. The zero-order valence-electron chi connectivity index (χ0n) is 26.1. The Balaban J connectivity index is 1.05. The number of aliphatic hydroxyl groups excluding tert-OH is 1. The molecule has 1 atom stereocenters. The Bertz CT molecular complexity index is 1400. The Hall–Kier alpha value is -3.76. The van der Waals surface area contributed by atoms with E-state index in [1.54, 1.807) is 18.5 Å². The lowest BCUT2D eigenvalue weighted by atomic mass is 9.91. The average Bonchev–Trinajstić information content (AvgIpc) is 3.53. The van der Waals surface area contributed by atoms with Crippen molar-refractivity contribution in [3.63, 3.8) is 0 Å². The van der Waals surface area contributed by atoms with Crippen molar-refractivity contribution < 1.29 is 23.8 Å². The summed E-state index contributed by atoms with van der Waals surface area (Å²) < 4.78 is 11.2. The van der Waals surface area contributed by atoms with Gasteiger partial charge in [-0.25, -0.2) is 4.98 Å². The van der Waals surface area contributed by atoms with Gasteiger partial charge >= 0.3 is 0 Å². The quantitative estimate of drug-likeness (QED) is 0.320. The molecule has 3 aromatic rings. The molecule has 2 aromatic heterocycles. The fourth-order valence-electron chi connectivity index (χ4n) is 6.22. The van der Waals surface area contributed by atoms with Gasteiger partial charge in [0.25, 0.3) is 5.91 Å². The van der Waals surface area contributed by atoms with Crippen LogP contribution in [-0.2, 0) is 30.8 Å². The van der Waals surface area contributed by atoms with Crippen LogP contribution in [0.3, 0.4) is 0 Å². The zero-order chi connectivity index (χ0) is 31.1. The summed E-state index contributed by atoms with van der Waals surface area (Å²) in [6.07, 6.45) is 8.21. The van der Waals surface area contributed by atoms with E-state index < -0.39 is 6.10 Å². The highest BCUT2D eigenvalue weighted by molar-refractivity contribution is 5.94.